The summed E-state index contributed by atoms with van der Waals surface area (Å²) in [6.07, 6.45) is 0. The number of anilines is 2. The number of hydrogen-bond acceptors (Lipinski definition) is 19. The van der Waals surface area contributed by atoms with Crippen molar-refractivity contribution in [2.45, 2.75) is 0 Å². The average molecular weight is 1630 g/mol. The minimum absolute atomic E-state index is 0.288. The van der Waals surface area contributed by atoms with Crippen LogP contribution in [0.3, 0.4) is 0 Å². The molecule has 6 aliphatic heterocycles. The lowest BCUT2D eigenvalue weighted by atomic mass is 9.92. The number of aromatic nitrogens is 4. The molecule has 11 heterocycles. The zero-order chi connectivity index (χ0) is 80.9. The van der Waals surface area contributed by atoms with Gasteiger partial charge < -0.3 is 66.6 Å². The number of hydrogen-bond donors (Lipinski definition) is 0. The van der Waals surface area contributed by atoms with Crippen LogP contribution in [0.15, 0.2) is 267 Å². The molecule has 23 rings (SSSR count). The summed E-state index contributed by atoms with van der Waals surface area (Å²) in [4.78, 5) is 26.8. The van der Waals surface area contributed by atoms with Crippen molar-refractivity contribution in [2.75, 3.05) is 168 Å². The van der Waals surface area contributed by atoms with Gasteiger partial charge in [0, 0.05) is 91.1 Å². The van der Waals surface area contributed by atoms with Crippen LogP contribution >= 0.6 is 11.3 Å². The van der Waals surface area contributed by atoms with Gasteiger partial charge in [-0.25, -0.2) is 19.9 Å². The highest BCUT2D eigenvalue weighted by atomic mass is 32.1. The quantitative estimate of drug-likeness (QED) is 0.153. The maximum atomic E-state index is 6.73. The SMILES string of the molecule is c1ccc2c(c1)sc1c(N3CCOCCOCCOc4ccc(cc4)-c4ccc5ccc6ccc(nc6c5n4)-c4ccc(cc4-c4cc5nc6c4ccc4ccc(nc46)-c4ccc(cc4)OCCOCCOCCN(c4ccc6c7ccccc7c7ccccc7c6c4)CCOCCOCCOc4ccc-5cc4)OCCOCCOCC3)cccc12. The van der Waals surface area contributed by atoms with E-state index in [2.05, 4.69) is 210 Å². The van der Waals surface area contributed by atoms with E-state index in [0.717, 1.165) is 123 Å². The second kappa shape index (κ2) is 37.6. The predicted octanol–water partition coefficient (Wildman–Crippen LogP) is 20.7. The minimum atomic E-state index is 0.288. The first-order valence-electron chi connectivity index (χ1n) is 41.8. The van der Waals surface area contributed by atoms with Gasteiger partial charge in [0.1, 0.15) is 49.4 Å². The molecule has 16 bridgehead atoms. The third kappa shape index (κ3) is 17.9. The fourth-order valence-corrected chi connectivity index (χ4v) is 17.6. The Morgan fingerprint density at radius 1 is 0.231 bits per heavy atom. The van der Waals surface area contributed by atoms with Crippen molar-refractivity contribution in [3.05, 3.63) is 267 Å². The Labute approximate surface area is 705 Å². The molecule has 0 unspecified atom stereocenters. The zero-order valence-electron chi connectivity index (χ0n) is 67.4. The molecule has 0 saturated carbocycles. The molecule has 17 aromatic rings. The van der Waals surface area contributed by atoms with Crippen LogP contribution in [0.25, 0.3) is 152 Å². The van der Waals surface area contributed by atoms with E-state index in [4.69, 9.17) is 76.8 Å². The van der Waals surface area contributed by atoms with Gasteiger partial charge in [-0.2, -0.15) is 0 Å². The first-order valence-corrected chi connectivity index (χ1v) is 42.6. The summed E-state index contributed by atoms with van der Waals surface area (Å²) in [6, 6.07) is 93.1. The average Bonchev–Trinajstić information content (AvgIpc) is 1.03. The van der Waals surface area contributed by atoms with Crippen LogP contribution in [-0.2, 0) is 37.9 Å². The molecule has 0 amide bonds. The number of pyridine rings is 4. The van der Waals surface area contributed by atoms with Crippen molar-refractivity contribution in [2.24, 2.45) is 0 Å². The lowest BCUT2D eigenvalue weighted by molar-refractivity contribution is 0.0347. The Bertz CT molecular complexity index is 6480. The molecule has 19 heteroatoms. The summed E-state index contributed by atoms with van der Waals surface area (Å²) in [5.74, 6) is 2.82. The molecule has 121 heavy (non-hydrogen) atoms. The van der Waals surface area contributed by atoms with Crippen molar-refractivity contribution < 1.29 is 56.8 Å². The van der Waals surface area contributed by atoms with Crippen LogP contribution in [0, 0.1) is 0 Å². The molecule has 0 aliphatic carbocycles. The lowest BCUT2D eigenvalue weighted by Crippen LogP contribution is -2.31. The molecular weight excluding hydrogens is 1530 g/mol. The first-order chi connectivity index (χ1) is 60.0. The van der Waals surface area contributed by atoms with Gasteiger partial charge in [0.15, 0.2) is 0 Å². The van der Waals surface area contributed by atoms with Crippen molar-refractivity contribution in [1.82, 2.24) is 19.9 Å². The number of fused-ring (bicyclic) bond motifs is 13. The maximum absolute atomic E-state index is 6.73. The molecule has 0 atom stereocenters. The van der Waals surface area contributed by atoms with E-state index in [-0.39, 0.29) is 6.61 Å². The largest absolute Gasteiger partial charge is 0.491 e. The van der Waals surface area contributed by atoms with E-state index in [1.165, 1.54) is 52.5 Å². The number of nitrogens with zero attached hydrogens (tertiary/aromatic N) is 6. The van der Waals surface area contributed by atoms with E-state index in [9.17, 15) is 0 Å². The van der Waals surface area contributed by atoms with E-state index < -0.39 is 0 Å². The van der Waals surface area contributed by atoms with Crippen LogP contribution in [0.5, 0.6) is 23.0 Å². The lowest BCUT2D eigenvalue weighted by Gasteiger charge is -2.26. The van der Waals surface area contributed by atoms with Crippen LogP contribution < -0.4 is 28.7 Å². The van der Waals surface area contributed by atoms with E-state index in [0.29, 0.717) is 163 Å². The first kappa shape index (κ1) is 78.6. The Kier molecular flexibility index (Phi) is 24.4. The smallest absolute Gasteiger partial charge is 0.120 e. The molecule has 0 fully saturated rings. The molecule has 608 valence electrons. The Morgan fingerprint density at radius 3 is 1.14 bits per heavy atom. The number of thiophene rings is 1. The van der Waals surface area contributed by atoms with E-state index in [1.54, 1.807) is 0 Å². The predicted molar refractivity (Wildman–Crippen MR) is 486 cm³/mol. The summed E-state index contributed by atoms with van der Waals surface area (Å²) < 4.78 is 77.5. The van der Waals surface area contributed by atoms with Crippen LogP contribution in [0.1, 0.15) is 0 Å². The van der Waals surface area contributed by atoms with E-state index >= 15 is 0 Å². The highest BCUT2D eigenvalue weighted by molar-refractivity contribution is 7.26. The third-order valence-electron chi connectivity index (χ3n) is 22.5. The van der Waals surface area contributed by atoms with Gasteiger partial charge in [0.25, 0.3) is 0 Å². The number of benzene rings is 12. The zero-order valence-corrected chi connectivity index (χ0v) is 68.2. The fraction of sp³-hybridized carbons (Fsp3) is 0.235. The monoisotopic (exact) mass is 1620 g/mol. The van der Waals surface area contributed by atoms with Gasteiger partial charge in [-0.1, -0.05) is 127 Å². The van der Waals surface area contributed by atoms with Gasteiger partial charge in [-0.05, 0) is 183 Å². The van der Waals surface area contributed by atoms with Crippen molar-refractivity contribution >= 4 is 119 Å². The standard InChI is InChI=1S/C102H92N6O12S/c1-2-10-82-80(8-1)81-9-3-4-11-83(81)89-66-75(28-37-84(82)89)107-42-46-109-50-54-113-58-62-118-77-31-20-70(21-32-77)93-40-26-74-24-36-87-91(68-95(106-101(87)100(74)104-93)71-22-33-78(34-23-71)119-64-60-114-55-51-110-47-43-107)90-67-79-35-38-85(90)94-41-27-73-17-16-72-25-39-92(103-98(72)99(73)105-94)69-18-29-76(30-19-69)117-63-59-115-56-52-111-48-44-108(45-49-112-53-57-116-61-65-120-79)96-14-7-13-88-86-12-5-6-15-97(86)121-102(88)96/h1-41,66-68H,42-65H2. The third-order valence-corrected chi connectivity index (χ3v) is 23.7. The van der Waals surface area contributed by atoms with Gasteiger partial charge in [0.05, 0.1) is 161 Å². The molecular formula is C102H92N6O12S. The maximum Gasteiger partial charge on any atom is 0.120 e. The van der Waals surface area contributed by atoms with Crippen molar-refractivity contribution in [3.63, 3.8) is 0 Å². The molecule has 0 spiro atoms. The van der Waals surface area contributed by atoms with Crippen LogP contribution in [-0.4, -0.2) is 178 Å². The molecule has 0 radical (unpaired) electrons. The topological polar surface area (TPSA) is 169 Å². The Morgan fingerprint density at radius 2 is 0.612 bits per heavy atom. The summed E-state index contributed by atoms with van der Waals surface area (Å²) >= 11 is 1.82. The van der Waals surface area contributed by atoms with Crippen molar-refractivity contribution in [3.8, 4) is 79.2 Å². The summed E-state index contributed by atoms with van der Waals surface area (Å²) in [6.45, 7) is 11.1. The molecule has 5 aromatic heterocycles. The van der Waals surface area contributed by atoms with Gasteiger partial charge in [0.2, 0.25) is 0 Å². The second-order valence-electron chi connectivity index (χ2n) is 30.0. The van der Waals surface area contributed by atoms with E-state index in [1.807, 2.05) is 78.1 Å². The highest BCUT2D eigenvalue weighted by Gasteiger charge is 2.23. The highest BCUT2D eigenvalue weighted by Crippen LogP contribution is 2.45. The fourth-order valence-electron chi connectivity index (χ4n) is 16.4. The Hall–Kier alpha value is -12.2. The van der Waals surface area contributed by atoms with Crippen LogP contribution in [0.4, 0.5) is 11.4 Å². The summed E-state index contributed by atoms with van der Waals surface area (Å²) in [5.41, 5.74) is 13.8. The van der Waals surface area contributed by atoms with Crippen molar-refractivity contribution in [1.29, 1.82) is 0 Å². The van der Waals surface area contributed by atoms with Gasteiger partial charge in [-0.3, -0.25) is 0 Å². The summed E-state index contributed by atoms with van der Waals surface area (Å²) in [7, 11) is 0. The number of rotatable bonds is 3. The van der Waals surface area contributed by atoms with Gasteiger partial charge in [-0.15, -0.1) is 11.3 Å². The molecule has 0 N–H and O–H groups in total. The molecule has 0 saturated heterocycles. The normalized spacial score (nSPS) is 15.8. The Balaban J connectivity index is 0.617. The number of ether oxygens (including phenoxy) is 12. The van der Waals surface area contributed by atoms with Crippen LogP contribution in [0.2, 0.25) is 0 Å². The molecule has 18 nitrogen and oxygen atoms in total. The molecule has 6 aliphatic rings. The second-order valence-corrected chi connectivity index (χ2v) is 31.1. The van der Waals surface area contributed by atoms with Gasteiger partial charge >= 0.3 is 0 Å². The summed E-state index contributed by atoms with van der Waals surface area (Å²) in [5, 5.41) is 13.7. The minimum Gasteiger partial charge on any atom is -0.491 e. The molecule has 12 aromatic carbocycles.